The van der Waals surface area contributed by atoms with Crippen molar-refractivity contribution in [3.8, 4) is 11.5 Å². The van der Waals surface area contributed by atoms with Crippen molar-refractivity contribution in [2.24, 2.45) is 0 Å². The van der Waals surface area contributed by atoms with E-state index in [1.807, 2.05) is 43.3 Å². The molecule has 0 N–H and O–H groups in total. The Hall–Kier alpha value is -3.35. The monoisotopic (exact) mass is 381 g/mol. The van der Waals surface area contributed by atoms with Crippen molar-refractivity contribution in [3.63, 3.8) is 0 Å². The average molecular weight is 381 g/mol. The number of likely N-dealkylation sites (N-methyl/N-ethyl adjacent to an activating group) is 1. The summed E-state index contributed by atoms with van der Waals surface area (Å²) < 4.78 is 12.0. The third-order valence-electron chi connectivity index (χ3n) is 4.52. The largest absolute Gasteiger partial charge is 0.497 e. The molecule has 0 unspecified atom stereocenters. The van der Waals surface area contributed by atoms with Crippen molar-refractivity contribution in [3.05, 3.63) is 64.6 Å². The molecule has 0 aliphatic carbocycles. The molecule has 7 heteroatoms. The fourth-order valence-electron chi connectivity index (χ4n) is 2.86. The van der Waals surface area contributed by atoms with Gasteiger partial charge in [0, 0.05) is 12.4 Å². The Morgan fingerprint density at radius 1 is 1.07 bits per heavy atom. The molecule has 3 rings (SSSR count). The van der Waals surface area contributed by atoms with E-state index in [4.69, 9.17) is 9.47 Å². The van der Waals surface area contributed by atoms with Crippen LogP contribution >= 0.6 is 0 Å². The van der Waals surface area contributed by atoms with Crippen LogP contribution in [-0.4, -0.2) is 47.9 Å². The first kappa shape index (κ1) is 19.4. The molecule has 0 spiro atoms. The van der Waals surface area contributed by atoms with Crippen molar-refractivity contribution in [2.45, 2.75) is 13.5 Å². The Bertz CT molecular complexity index is 1030. The van der Waals surface area contributed by atoms with E-state index >= 15 is 0 Å². The van der Waals surface area contributed by atoms with Gasteiger partial charge in [0.05, 0.1) is 24.7 Å². The number of aryl methyl sites for hydroxylation is 1. The van der Waals surface area contributed by atoms with Crippen molar-refractivity contribution < 1.29 is 14.3 Å². The number of ether oxygens (including phenoxy) is 2. The first-order chi connectivity index (χ1) is 13.5. The summed E-state index contributed by atoms with van der Waals surface area (Å²) in [4.78, 5) is 26.6. The number of fused-ring (bicyclic) bond motifs is 1. The third kappa shape index (κ3) is 4.31. The van der Waals surface area contributed by atoms with E-state index in [2.05, 4.69) is 5.10 Å². The lowest BCUT2D eigenvalue weighted by Gasteiger charge is -2.18. The van der Waals surface area contributed by atoms with E-state index in [9.17, 15) is 9.59 Å². The first-order valence-corrected chi connectivity index (χ1v) is 8.97. The van der Waals surface area contributed by atoms with Gasteiger partial charge in [-0.15, -0.1) is 0 Å². The maximum absolute atomic E-state index is 12.6. The van der Waals surface area contributed by atoms with Crippen LogP contribution in [0.15, 0.2) is 53.3 Å². The first-order valence-electron chi connectivity index (χ1n) is 8.97. The van der Waals surface area contributed by atoms with Crippen molar-refractivity contribution in [1.82, 2.24) is 14.7 Å². The normalized spacial score (nSPS) is 10.7. The summed E-state index contributed by atoms with van der Waals surface area (Å²) in [6.07, 6.45) is 0. The lowest BCUT2D eigenvalue weighted by molar-refractivity contribution is -0.131. The van der Waals surface area contributed by atoms with E-state index < -0.39 is 0 Å². The van der Waals surface area contributed by atoms with Crippen LogP contribution in [0.2, 0.25) is 0 Å². The van der Waals surface area contributed by atoms with Crippen molar-refractivity contribution in [1.29, 1.82) is 0 Å². The molecule has 0 aliphatic rings. The minimum absolute atomic E-state index is 0.108. The predicted octanol–water partition coefficient (Wildman–Crippen LogP) is 2.25. The average Bonchev–Trinajstić information content (AvgIpc) is 2.72. The summed E-state index contributed by atoms with van der Waals surface area (Å²) in [6, 6.07) is 14.5. The predicted molar refractivity (Wildman–Crippen MR) is 107 cm³/mol. The number of amides is 1. The van der Waals surface area contributed by atoms with Gasteiger partial charge < -0.3 is 14.4 Å². The third-order valence-corrected chi connectivity index (χ3v) is 4.52. The number of methoxy groups -OCH3 is 1. The van der Waals surface area contributed by atoms with Crippen LogP contribution in [0.4, 0.5) is 0 Å². The molecule has 146 valence electrons. The van der Waals surface area contributed by atoms with Crippen molar-refractivity contribution in [2.75, 3.05) is 27.3 Å². The summed E-state index contributed by atoms with van der Waals surface area (Å²) in [7, 11) is 3.28. The molecule has 0 saturated carbocycles. The van der Waals surface area contributed by atoms with Crippen LogP contribution in [0.3, 0.4) is 0 Å². The zero-order chi connectivity index (χ0) is 20.1. The van der Waals surface area contributed by atoms with Gasteiger partial charge in [0.2, 0.25) is 5.91 Å². The number of benzene rings is 2. The van der Waals surface area contributed by atoms with Gasteiger partial charge in [-0.1, -0.05) is 18.2 Å². The number of nitrogens with zero attached hydrogens (tertiary/aromatic N) is 3. The second-order valence-corrected chi connectivity index (χ2v) is 6.43. The van der Waals surface area contributed by atoms with Gasteiger partial charge in [-0.3, -0.25) is 9.59 Å². The maximum Gasteiger partial charge on any atom is 0.275 e. The Morgan fingerprint density at radius 3 is 2.39 bits per heavy atom. The maximum atomic E-state index is 12.6. The zero-order valence-electron chi connectivity index (χ0n) is 16.2. The molecule has 0 atom stereocenters. The molecule has 2 aromatic carbocycles. The lowest BCUT2D eigenvalue weighted by atomic mass is 10.1. The minimum atomic E-state index is -0.266. The number of carbonyl (C=O) groups excluding carboxylic acids is 1. The smallest absolute Gasteiger partial charge is 0.275 e. The summed E-state index contributed by atoms with van der Waals surface area (Å²) in [5, 5.41) is 5.65. The molecule has 28 heavy (non-hydrogen) atoms. The molecule has 0 bridgehead atoms. The van der Waals surface area contributed by atoms with Gasteiger partial charge in [0.15, 0.2) is 0 Å². The molecule has 0 aliphatic heterocycles. The molecule has 0 fully saturated rings. The molecule has 0 saturated heterocycles. The lowest BCUT2D eigenvalue weighted by Crippen LogP contribution is -2.37. The van der Waals surface area contributed by atoms with E-state index in [0.29, 0.717) is 30.0 Å². The van der Waals surface area contributed by atoms with E-state index in [1.165, 1.54) is 9.58 Å². The van der Waals surface area contributed by atoms with Gasteiger partial charge in [0.25, 0.3) is 5.56 Å². The van der Waals surface area contributed by atoms with E-state index in [1.54, 1.807) is 26.3 Å². The topological polar surface area (TPSA) is 73.7 Å². The van der Waals surface area contributed by atoms with Crippen molar-refractivity contribution >= 4 is 16.7 Å². The Kier molecular flexibility index (Phi) is 5.93. The highest BCUT2D eigenvalue weighted by Crippen LogP contribution is 2.17. The number of hydrogen-bond acceptors (Lipinski definition) is 5. The summed E-state index contributed by atoms with van der Waals surface area (Å²) in [5.74, 6) is 1.25. The highest BCUT2D eigenvalue weighted by Gasteiger charge is 2.14. The number of rotatable bonds is 7. The van der Waals surface area contributed by atoms with Gasteiger partial charge in [-0.2, -0.15) is 5.10 Å². The number of aromatic nitrogens is 2. The highest BCUT2D eigenvalue weighted by molar-refractivity contribution is 5.83. The standard InChI is InChI=1S/C21H23N3O4/c1-15-18-6-4-5-7-19(18)21(26)24(22-15)14-20(25)23(2)12-13-28-17-10-8-16(27-3)9-11-17/h4-11H,12-14H2,1-3H3. The molecule has 1 aromatic heterocycles. The van der Waals surface area contributed by atoms with Crippen LogP contribution in [0.5, 0.6) is 11.5 Å². The van der Waals surface area contributed by atoms with E-state index in [0.717, 1.165) is 11.1 Å². The quantitative estimate of drug-likeness (QED) is 0.628. The molecule has 0 radical (unpaired) electrons. The van der Waals surface area contributed by atoms with Gasteiger partial charge in [-0.25, -0.2) is 4.68 Å². The SMILES string of the molecule is COc1ccc(OCCN(C)C(=O)Cn2nc(C)c3ccccc3c2=O)cc1. The van der Waals surface area contributed by atoms with Crippen LogP contribution < -0.4 is 15.0 Å². The molecular weight excluding hydrogens is 358 g/mol. The summed E-state index contributed by atoms with van der Waals surface area (Å²) >= 11 is 0. The summed E-state index contributed by atoms with van der Waals surface area (Å²) in [6.45, 7) is 2.46. The highest BCUT2D eigenvalue weighted by atomic mass is 16.5. The number of hydrogen-bond donors (Lipinski definition) is 0. The fraction of sp³-hybridized carbons (Fsp3) is 0.286. The zero-order valence-corrected chi connectivity index (χ0v) is 16.2. The van der Waals surface area contributed by atoms with Gasteiger partial charge in [0.1, 0.15) is 24.7 Å². The Balaban J connectivity index is 1.60. The fourth-order valence-corrected chi connectivity index (χ4v) is 2.86. The van der Waals surface area contributed by atoms with Crippen LogP contribution in [0.1, 0.15) is 5.69 Å². The minimum Gasteiger partial charge on any atom is -0.497 e. The molecule has 1 heterocycles. The number of carbonyl (C=O) groups is 1. The second kappa shape index (κ2) is 8.56. The molecule has 1 amide bonds. The molecule has 3 aromatic rings. The van der Waals surface area contributed by atoms with Crippen LogP contribution in [-0.2, 0) is 11.3 Å². The second-order valence-electron chi connectivity index (χ2n) is 6.43. The van der Waals surface area contributed by atoms with Crippen LogP contribution in [0.25, 0.3) is 10.8 Å². The van der Waals surface area contributed by atoms with Gasteiger partial charge in [-0.05, 0) is 37.3 Å². The van der Waals surface area contributed by atoms with E-state index in [-0.39, 0.29) is 18.0 Å². The summed E-state index contributed by atoms with van der Waals surface area (Å²) in [5.41, 5.74) is 0.450. The Morgan fingerprint density at radius 2 is 1.71 bits per heavy atom. The van der Waals surface area contributed by atoms with Crippen LogP contribution in [0, 0.1) is 6.92 Å². The molecule has 7 nitrogen and oxygen atoms in total. The molecular formula is C21H23N3O4. The Labute approximate surface area is 163 Å². The van der Waals surface area contributed by atoms with Gasteiger partial charge >= 0.3 is 0 Å².